The summed E-state index contributed by atoms with van der Waals surface area (Å²) >= 11 is 0. The molecule has 0 heterocycles. The Labute approximate surface area is 131 Å². The van der Waals surface area contributed by atoms with E-state index in [1.165, 1.54) is 18.4 Å². The summed E-state index contributed by atoms with van der Waals surface area (Å²) in [6.45, 7) is 2.18. The SMILES string of the molecule is CCCCc1ccc(C2=CC2(C(=O)O)c2ccccc2)cc1. The lowest BCUT2D eigenvalue weighted by Gasteiger charge is -2.14. The summed E-state index contributed by atoms with van der Waals surface area (Å²) < 4.78 is 0. The minimum Gasteiger partial charge on any atom is -0.480 e. The number of rotatable bonds is 6. The molecule has 2 nitrogen and oxygen atoms in total. The van der Waals surface area contributed by atoms with Crippen molar-refractivity contribution in [3.05, 3.63) is 77.4 Å². The zero-order valence-electron chi connectivity index (χ0n) is 12.8. The minimum absolute atomic E-state index is 0.802. The molecule has 1 N–H and O–H groups in total. The molecule has 0 radical (unpaired) electrons. The second-order valence-corrected chi connectivity index (χ2v) is 5.84. The minimum atomic E-state index is -0.938. The predicted molar refractivity (Wildman–Crippen MR) is 88.8 cm³/mol. The predicted octanol–water partition coefficient (Wildman–Crippen LogP) is 4.45. The van der Waals surface area contributed by atoms with Crippen molar-refractivity contribution >= 4 is 11.5 Å². The van der Waals surface area contributed by atoms with Crippen LogP contribution in [0.25, 0.3) is 5.57 Å². The van der Waals surface area contributed by atoms with E-state index >= 15 is 0 Å². The molecule has 0 bridgehead atoms. The average Bonchev–Trinajstić information content (AvgIpc) is 3.31. The Bertz CT molecular complexity index is 698. The Balaban J connectivity index is 1.84. The maximum atomic E-state index is 11.8. The van der Waals surface area contributed by atoms with Gasteiger partial charge in [-0.05, 0) is 35.1 Å². The number of aliphatic carboxylic acids is 1. The molecule has 112 valence electrons. The quantitative estimate of drug-likeness (QED) is 0.854. The first-order valence-electron chi connectivity index (χ1n) is 7.80. The van der Waals surface area contributed by atoms with Gasteiger partial charge in [-0.15, -0.1) is 0 Å². The third-order valence-corrected chi connectivity index (χ3v) is 4.35. The van der Waals surface area contributed by atoms with Gasteiger partial charge in [-0.25, -0.2) is 0 Å². The third kappa shape index (κ3) is 2.45. The topological polar surface area (TPSA) is 37.3 Å². The van der Waals surface area contributed by atoms with Crippen LogP contribution in [0.15, 0.2) is 60.7 Å². The molecular weight excluding hydrogens is 272 g/mol. The fourth-order valence-corrected chi connectivity index (χ4v) is 2.96. The van der Waals surface area contributed by atoms with Crippen LogP contribution in [0.3, 0.4) is 0 Å². The second-order valence-electron chi connectivity index (χ2n) is 5.84. The maximum absolute atomic E-state index is 11.8. The summed E-state index contributed by atoms with van der Waals surface area (Å²) in [5.41, 5.74) is 3.10. The number of hydrogen-bond donors (Lipinski definition) is 1. The number of hydrogen-bond acceptors (Lipinski definition) is 1. The van der Waals surface area contributed by atoms with Crippen LogP contribution in [0.4, 0.5) is 0 Å². The zero-order valence-corrected chi connectivity index (χ0v) is 12.8. The monoisotopic (exact) mass is 292 g/mol. The van der Waals surface area contributed by atoms with Gasteiger partial charge in [0.25, 0.3) is 0 Å². The van der Waals surface area contributed by atoms with E-state index in [1.54, 1.807) is 0 Å². The molecule has 0 aromatic heterocycles. The molecule has 0 saturated heterocycles. The summed E-state index contributed by atoms with van der Waals surface area (Å²) in [6, 6.07) is 17.8. The maximum Gasteiger partial charge on any atom is 0.322 e. The highest BCUT2D eigenvalue weighted by Crippen LogP contribution is 2.52. The number of carboxylic acid groups (broad SMARTS) is 1. The fourth-order valence-electron chi connectivity index (χ4n) is 2.96. The lowest BCUT2D eigenvalue weighted by atomic mass is 9.88. The fraction of sp³-hybridized carbons (Fsp3) is 0.250. The van der Waals surface area contributed by atoms with Crippen molar-refractivity contribution in [1.29, 1.82) is 0 Å². The Morgan fingerprint density at radius 2 is 1.73 bits per heavy atom. The number of carbonyl (C=O) groups is 1. The van der Waals surface area contributed by atoms with Gasteiger partial charge in [-0.3, -0.25) is 4.79 Å². The summed E-state index contributed by atoms with van der Waals surface area (Å²) in [4.78, 5) is 11.8. The lowest BCUT2D eigenvalue weighted by molar-refractivity contribution is -0.138. The van der Waals surface area contributed by atoms with E-state index < -0.39 is 11.4 Å². The van der Waals surface area contributed by atoms with Crippen LogP contribution < -0.4 is 0 Å². The molecule has 1 atom stereocenters. The highest BCUT2D eigenvalue weighted by molar-refractivity contribution is 6.11. The van der Waals surface area contributed by atoms with Gasteiger partial charge in [-0.2, -0.15) is 0 Å². The Morgan fingerprint density at radius 3 is 2.32 bits per heavy atom. The van der Waals surface area contributed by atoms with Crippen molar-refractivity contribution in [2.45, 2.75) is 31.6 Å². The third-order valence-electron chi connectivity index (χ3n) is 4.35. The first kappa shape index (κ1) is 14.6. The largest absolute Gasteiger partial charge is 0.480 e. The van der Waals surface area contributed by atoms with Crippen molar-refractivity contribution < 1.29 is 9.90 Å². The normalized spacial score (nSPS) is 19.6. The van der Waals surface area contributed by atoms with Crippen LogP contribution in [-0.2, 0) is 16.6 Å². The van der Waals surface area contributed by atoms with Gasteiger partial charge in [-0.1, -0.05) is 74.0 Å². The van der Waals surface area contributed by atoms with Gasteiger partial charge < -0.3 is 5.11 Å². The average molecular weight is 292 g/mol. The first-order valence-corrected chi connectivity index (χ1v) is 7.80. The van der Waals surface area contributed by atoms with Gasteiger partial charge in [0.2, 0.25) is 0 Å². The summed E-state index contributed by atoms with van der Waals surface area (Å²) in [5, 5.41) is 9.71. The Morgan fingerprint density at radius 1 is 1.05 bits per heavy atom. The van der Waals surface area contributed by atoms with Crippen LogP contribution in [-0.4, -0.2) is 11.1 Å². The van der Waals surface area contributed by atoms with Crippen LogP contribution >= 0.6 is 0 Å². The van der Waals surface area contributed by atoms with Crippen molar-refractivity contribution in [3.8, 4) is 0 Å². The molecule has 0 saturated carbocycles. The van der Waals surface area contributed by atoms with E-state index in [2.05, 4.69) is 19.1 Å². The van der Waals surface area contributed by atoms with Crippen molar-refractivity contribution in [1.82, 2.24) is 0 Å². The molecular formula is C20H20O2. The first-order chi connectivity index (χ1) is 10.7. The summed E-state index contributed by atoms with van der Waals surface area (Å²) in [7, 11) is 0. The van der Waals surface area contributed by atoms with Crippen LogP contribution in [0.2, 0.25) is 0 Å². The number of benzene rings is 2. The van der Waals surface area contributed by atoms with E-state index in [0.29, 0.717) is 0 Å². The van der Waals surface area contributed by atoms with Crippen LogP contribution in [0.1, 0.15) is 36.5 Å². The van der Waals surface area contributed by atoms with E-state index in [-0.39, 0.29) is 0 Å². The second kappa shape index (κ2) is 5.80. The highest BCUT2D eigenvalue weighted by Gasteiger charge is 2.53. The molecule has 1 unspecified atom stereocenters. The summed E-state index contributed by atoms with van der Waals surface area (Å²) in [6.07, 6.45) is 5.30. The number of carboxylic acids is 1. The van der Waals surface area contributed by atoms with Crippen LogP contribution in [0.5, 0.6) is 0 Å². The van der Waals surface area contributed by atoms with E-state index in [9.17, 15) is 9.90 Å². The molecule has 1 aliphatic rings. The lowest BCUT2D eigenvalue weighted by Crippen LogP contribution is -2.23. The van der Waals surface area contributed by atoms with Gasteiger partial charge in [0.1, 0.15) is 5.41 Å². The van der Waals surface area contributed by atoms with Crippen molar-refractivity contribution in [3.63, 3.8) is 0 Å². The molecule has 22 heavy (non-hydrogen) atoms. The number of aryl methyl sites for hydroxylation is 1. The molecule has 2 aromatic carbocycles. The van der Waals surface area contributed by atoms with Gasteiger partial charge in [0, 0.05) is 0 Å². The Hall–Kier alpha value is -2.35. The summed E-state index contributed by atoms with van der Waals surface area (Å²) in [5.74, 6) is -0.802. The molecule has 0 amide bonds. The molecule has 2 aromatic rings. The van der Waals surface area contributed by atoms with Gasteiger partial charge in [0.05, 0.1) is 0 Å². The zero-order chi connectivity index (χ0) is 15.6. The molecule has 1 aliphatic carbocycles. The molecule has 2 heteroatoms. The number of unbranched alkanes of at least 4 members (excludes halogenated alkanes) is 1. The molecule has 3 rings (SSSR count). The molecule has 0 aliphatic heterocycles. The molecule has 0 spiro atoms. The van der Waals surface area contributed by atoms with Crippen molar-refractivity contribution in [2.75, 3.05) is 0 Å². The van der Waals surface area contributed by atoms with Crippen LogP contribution in [0, 0.1) is 0 Å². The standard InChI is InChI=1S/C20H20O2/c1-2-3-7-15-10-12-16(13-11-15)18-14-20(18,19(21)22)17-8-5-4-6-9-17/h4-6,8-14H,2-3,7H2,1H3,(H,21,22). The highest BCUT2D eigenvalue weighted by atomic mass is 16.4. The van der Waals surface area contributed by atoms with E-state index in [0.717, 1.165) is 23.1 Å². The van der Waals surface area contributed by atoms with Crippen molar-refractivity contribution in [2.24, 2.45) is 0 Å². The Kier molecular flexibility index (Phi) is 3.84. The van der Waals surface area contributed by atoms with Gasteiger partial charge >= 0.3 is 5.97 Å². The molecule has 0 fully saturated rings. The van der Waals surface area contributed by atoms with E-state index in [1.807, 2.05) is 48.5 Å². The smallest absolute Gasteiger partial charge is 0.322 e. The van der Waals surface area contributed by atoms with E-state index in [4.69, 9.17) is 0 Å². The van der Waals surface area contributed by atoms with Gasteiger partial charge in [0.15, 0.2) is 0 Å².